The number of aromatic nitrogens is 2. The average molecular weight is 290 g/mol. The molecule has 21 heavy (non-hydrogen) atoms. The van der Waals surface area contributed by atoms with Crippen molar-refractivity contribution in [1.82, 2.24) is 15.3 Å². The Morgan fingerprint density at radius 3 is 2.95 bits per heavy atom. The van der Waals surface area contributed by atoms with Crippen LogP contribution in [-0.4, -0.2) is 33.7 Å². The molecule has 0 spiro atoms. The number of ether oxygens (including phenoxy) is 1. The number of aliphatic carboxylic acids is 1. The number of carboxylic acid groups (broad SMARTS) is 1. The van der Waals surface area contributed by atoms with Crippen LogP contribution in [0.4, 0.5) is 10.5 Å². The van der Waals surface area contributed by atoms with Crippen molar-refractivity contribution in [3.8, 4) is 5.75 Å². The topological polar surface area (TPSA) is 116 Å². The van der Waals surface area contributed by atoms with Gasteiger partial charge in [-0.3, -0.25) is 0 Å². The van der Waals surface area contributed by atoms with Gasteiger partial charge in [0.1, 0.15) is 5.75 Å². The van der Waals surface area contributed by atoms with Gasteiger partial charge in [-0.2, -0.15) is 0 Å². The number of nitrogens with one attached hydrogen (secondary N) is 3. The van der Waals surface area contributed by atoms with Crippen LogP contribution in [0, 0.1) is 0 Å². The molecule has 4 N–H and O–H groups in total. The highest BCUT2D eigenvalue weighted by Crippen LogP contribution is 2.17. The third-order valence-corrected chi connectivity index (χ3v) is 2.45. The van der Waals surface area contributed by atoms with Crippen molar-refractivity contribution >= 4 is 17.7 Å². The predicted octanol–water partition coefficient (Wildman–Crippen LogP) is 1.19. The molecule has 2 rings (SSSR count). The first-order valence-electron chi connectivity index (χ1n) is 6.10. The summed E-state index contributed by atoms with van der Waals surface area (Å²) in [5.41, 5.74) is 1.28. The number of amides is 2. The monoisotopic (exact) mass is 290 g/mol. The summed E-state index contributed by atoms with van der Waals surface area (Å²) in [6.07, 6.45) is 3.14. The van der Waals surface area contributed by atoms with Gasteiger partial charge in [-0.05, 0) is 12.1 Å². The summed E-state index contributed by atoms with van der Waals surface area (Å²) in [6.45, 7) is -0.115. The molecule has 0 radical (unpaired) electrons. The van der Waals surface area contributed by atoms with Gasteiger partial charge in [0, 0.05) is 18.0 Å². The Balaban J connectivity index is 1.85. The lowest BCUT2D eigenvalue weighted by molar-refractivity contribution is -0.139. The molecule has 0 unspecified atom stereocenters. The third-order valence-electron chi connectivity index (χ3n) is 2.45. The SMILES string of the molecule is O=C(O)COc1cccc(NC(=O)NCc2cnc[nH]2)c1. The number of urea groups is 1. The van der Waals surface area contributed by atoms with E-state index < -0.39 is 12.6 Å². The number of nitrogens with zero attached hydrogens (tertiary/aromatic N) is 1. The molecule has 110 valence electrons. The molecular weight excluding hydrogens is 276 g/mol. The second-order valence-electron chi connectivity index (χ2n) is 4.09. The molecule has 1 aromatic carbocycles. The summed E-state index contributed by atoms with van der Waals surface area (Å²) in [4.78, 5) is 28.8. The molecule has 0 aliphatic heterocycles. The second kappa shape index (κ2) is 6.94. The molecule has 2 aromatic rings. The van der Waals surface area contributed by atoms with E-state index in [1.165, 1.54) is 6.33 Å². The Bertz CT molecular complexity index is 612. The van der Waals surface area contributed by atoms with Crippen molar-refractivity contribution in [2.24, 2.45) is 0 Å². The number of anilines is 1. The number of hydrogen-bond donors (Lipinski definition) is 4. The summed E-state index contributed by atoms with van der Waals surface area (Å²) in [5, 5.41) is 13.8. The van der Waals surface area contributed by atoms with Gasteiger partial charge in [0.05, 0.1) is 18.6 Å². The van der Waals surface area contributed by atoms with E-state index in [-0.39, 0.29) is 6.03 Å². The normalized spacial score (nSPS) is 9.90. The Morgan fingerprint density at radius 1 is 1.38 bits per heavy atom. The summed E-state index contributed by atoms with van der Waals surface area (Å²) in [6, 6.07) is 6.08. The van der Waals surface area contributed by atoms with Crippen molar-refractivity contribution in [2.75, 3.05) is 11.9 Å². The van der Waals surface area contributed by atoms with Gasteiger partial charge >= 0.3 is 12.0 Å². The number of carbonyl (C=O) groups excluding carboxylic acids is 1. The maximum Gasteiger partial charge on any atom is 0.341 e. The molecule has 0 atom stereocenters. The van der Waals surface area contributed by atoms with E-state index in [9.17, 15) is 9.59 Å². The standard InChI is InChI=1S/C13H14N4O4/c18-12(19)7-21-11-3-1-2-9(4-11)17-13(20)15-6-10-5-14-8-16-10/h1-5,8H,6-7H2,(H,14,16)(H,18,19)(H2,15,17,20). The smallest absolute Gasteiger partial charge is 0.341 e. The molecule has 0 bridgehead atoms. The number of aromatic amines is 1. The highest BCUT2D eigenvalue weighted by molar-refractivity contribution is 5.89. The van der Waals surface area contributed by atoms with E-state index in [4.69, 9.17) is 9.84 Å². The minimum Gasteiger partial charge on any atom is -0.482 e. The van der Waals surface area contributed by atoms with Crippen molar-refractivity contribution in [1.29, 1.82) is 0 Å². The second-order valence-corrected chi connectivity index (χ2v) is 4.09. The van der Waals surface area contributed by atoms with Crippen molar-refractivity contribution in [2.45, 2.75) is 6.54 Å². The fraction of sp³-hybridized carbons (Fsp3) is 0.154. The first-order chi connectivity index (χ1) is 10.1. The minimum atomic E-state index is -1.06. The quantitative estimate of drug-likeness (QED) is 0.637. The molecule has 1 aromatic heterocycles. The van der Waals surface area contributed by atoms with Crippen LogP contribution in [0.3, 0.4) is 0 Å². The number of imidazole rings is 1. The molecule has 0 saturated heterocycles. The molecule has 0 fully saturated rings. The number of H-pyrrole nitrogens is 1. The highest BCUT2D eigenvalue weighted by Gasteiger charge is 2.04. The van der Waals surface area contributed by atoms with Gasteiger partial charge in [0.2, 0.25) is 0 Å². The fourth-order valence-corrected chi connectivity index (χ4v) is 1.54. The zero-order valence-corrected chi connectivity index (χ0v) is 11.0. The predicted molar refractivity (Wildman–Crippen MR) is 74.0 cm³/mol. The third kappa shape index (κ3) is 4.86. The van der Waals surface area contributed by atoms with Gasteiger partial charge in [0.25, 0.3) is 0 Å². The lowest BCUT2D eigenvalue weighted by Gasteiger charge is -2.08. The number of carboxylic acids is 1. The van der Waals surface area contributed by atoms with Crippen LogP contribution in [-0.2, 0) is 11.3 Å². The number of rotatable bonds is 6. The molecule has 8 heteroatoms. The van der Waals surface area contributed by atoms with Crippen molar-refractivity contribution < 1.29 is 19.4 Å². The minimum absolute atomic E-state index is 0.320. The lowest BCUT2D eigenvalue weighted by atomic mass is 10.3. The Labute approximate surface area is 120 Å². The van der Waals surface area contributed by atoms with E-state index in [2.05, 4.69) is 20.6 Å². The first-order valence-corrected chi connectivity index (χ1v) is 6.10. The summed E-state index contributed by atoms with van der Waals surface area (Å²) in [7, 11) is 0. The van der Waals surface area contributed by atoms with Gasteiger partial charge in [-0.15, -0.1) is 0 Å². The summed E-state index contributed by atoms with van der Waals surface area (Å²) in [5.74, 6) is -0.700. The number of carbonyl (C=O) groups is 2. The van der Waals surface area contributed by atoms with E-state index in [1.807, 2.05) is 0 Å². The number of hydrogen-bond acceptors (Lipinski definition) is 4. The van der Waals surface area contributed by atoms with Crippen LogP contribution in [0.15, 0.2) is 36.8 Å². The van der Waals surface area contributed by atoms with E-state index in [0.29, 0.717) is 18.0 Å². The van der Waals surface area contributed by atoms with Gasteiger partial charge in [0.15, 0.2) is 6.61 Å². The average Bonchev–Trinajstić information content (AvgIpc) is 2.97. The fourth-order valence-electron chi connectivity index (χ4n) is 1.54. The Morgan fingerprint density at radius 2 is 2.24 bits per heavy atom. The molecule has 0 saturated carbocycles. The zero-order valence-electron chi connectivity index (χ0n) is 11.0. The Kier molecular flexibility index (Phi) is 4.75. The van der Waals surface area contributed by atoms with E-state index >= 15 is 0 Å². The highest BCUT2D eigenvalue weighted by atomic mass is 16.5. The lowest BCUT2D eigenvalue weighted by Crippen LogP contribution is -2.28. The van der Waals surface area contributed by atoms with Crippen LogP contribution in [0.25, 0.3) is 0 Å². The molecule has 0 aliphatic rings. The number of benzene rings is 1. The summed E-state index contributed by atoms with van der Waals surface area (Å²) < 4.78 is 5.02. The molecule has 0 aliphatic carbocycles. The van der Waals surface area contributed by atoms with E-state index in [0.717, 1.165) is 5.69 Å². The van der Waals surface area contributed by atoms with Crippen molar-refractivity contribution in [3.63, 3.8) is 0 Å². The van der Waals surface area contributed by atoms with Crippen LogP contribution >= 0.6 is 0 Å². The van der Waals surface area contributed by atoms with Gasteiger partial charge < -0.3 is 25.5 Å². The molecular formula is C13H14N4O4. The molecule has 1 heterocycles. The van der Waals surface area contributed by atoms with Gasteiger partial charge in [-0.25, -0.2) is 14.6 Å². The first kappa shape index (κ1) is 14.4. The molecule has 8 nitrogen and oxygen atoms in total. The van der Waals surface area contributed by atoms with E-state index in [1.54, 1.807) is 30.5 Å². The maximum absolute atomic E-state index is 11.7. The van der Waals surface area contributed by atoms with Crippen LogP contribution in [0.2, 0.25) is 0 Å². The molecule has 2 amide bonds. The zero-order chi connectivity index (χ0) is 15.1. The maximum atomic E-state index is 11.7. The Hall–Kier alpha value is -3.03. The van der Waals surface area contributed by atoms with Crippen LogP contribution in [0.1, 0.15) is 5.69 Å². The van der Waals surface area contributed by atoms with Crippen LogP contribution in [0.5, 0.6) is 5.75 Å². The van der Waals surface area contributed by atoms with Gasteiger partial charge in [-0.1, -0.05) is 6.07 Å². The van der Waals surface area contributed by atoms with Crippen molar-refractivity contribution in [3.05, 3.63) is 42.5 Å². The largest absolute Gasteiger partial charge is 0.482 e. The summed E-state index contributed by atoms with van der Waals surface area (Å²) >= 11 is 0. The van der Waals surface area contributed by atoms with Crippen LogP contribution < -0.4 is 15.4 Å².